The van der Waals surface area contributed by atoms with E-state index in [0.717, 1.165) is 0 Å². The molecule has 0 amide bonds. The van der Waals surface area contributed by atoms with E-state index in [4.69, 9.17) is 0 Å². The van der Waals surface area contributed by atoms with Crippen molar-refractivity contribution in [1.29, 1.82) is 0 Å². The summed E-state index contributed by atoms with van der Waals surface area (Å²) < 4.78 is 13.6. The molecule has 1 saturated carbocycles. The summed E-state index contributed by atoms with van der Waals surface area (Å²) in [7, 11) is 0. The van der Waals surface area contributed by atoms with Gasteiger partial charge in [0.1, 0.15) is 11.7 Å². The van der Waals surface area contributed by atoms with Gasteiger partial charge < -0.3 is 4.98 Å². The van der Waals surface area contributed by atoms with E-state index in [2.05, 4.69) is 4.98 Å². The van der Waals surface area contributed by atoms with Gasteiger partial charge in [0.15, 0.2) is 0 Å². The number of benzene rings is 1. The Labute approximate surface area is 111 Å². The molecular weight excluding hydrogens is 265 g/mol. The highest BCUT2D eigenvalue weighted by molar-refractivity contribution is 6.61. The second kappa shape index (κ2) is 4.19. The molecule has 0 aliphatic heterocycles. The van der Waals surface area contributed by atoms with Crippen molar-refractivity contribution in [3.8, 4) is 0 Å². The minimum Gasteiger partial charge on any atom is -0.358 e. The number of carbonyl (C=O) groups is 4. The number of carbonyl (C=O) groups excluding carboxylic acids is 4. The summed E-state index contributed by atoms with van der Waals surface area (Å²) in [6, 6.07) is 4.17. The molecule has 0 unspecified atom stereocenters. The molecular formula is C14H8FNO4. The summed E-state index contributed by atoms with van der Waals surface area (Å²) in [5.74, 6) is -5.60. The number of rotatable bonds is 1. The molecule has 1 N–H and O–H groups in total. The van der Waals surface area contributed by atoms with Crippen LogP contribution in [0.2, 0.25) is 0 Å². The van der Waals surface area contributed by atoms with Gasteiger partial charge in [-0.25, -0.2) is 4.39 Å². The number of hydrogen-bond donors (Lipinski definition) is 1. The Hall–Kier alpha value is -2.63. The molecule has 0 radical (unpaired) electrons. The Kier molecular flexibility index (Phi) is 2.60. The lowest BCUT2D eigenvalue weighted by Gasteiger charge is -2.16. The molecule has 0 atom stereocenters. The first-order chi connectivity index (χ1) is 9.50. The smallest absolute Gasteiger partial charge is 0.214 e. The van der Waals surface area contributed by atoms with E-state index < -0.39 is 41.3 Å². The Morgan fingerprint density at radius 2 is 1.70 bits per heavy atom. The zero-order valence-corrected chi connectivity index (χ0v) is 10.1. The minimum absolute atomic E-state index is 0.133. The molecule has 1 aliphatic carbocycles. The summed E-state index contributed by atoms with van der Waals surface area (Å²) in [6.07, 6.45) is 0.616. The predicted molar refractivity (Wildman–Crippen MR) is 65.6 cm³/mol. The molecule has 100 valence electrons. The van der Waals surface area contributed by atoms with Crippen molar-refractivity contribution < 1.29 is 23.6 Å². The molecule has 5 nitrogen and oxygen atoms in total. The first kappa shape index (κ1) is 12.4. The van der Waals surface area contributed by atoms with E-state index >= 15 is 0 Å². The molecule has 1 aromatic carbocycles. The maximum Gasteiger partial charge on any atom is 0.214 e. The molecule has 0 bridgehead atoms. The van der Waals surface area contributed by atoms with E-state index in [9.17, 15) is 23.6 Å². The van der Waals surface area contributed by atoms with Crippen molar-refractivity contribution in [3.05, 3.63) is 35.8 Å². The molecule has 6 heteroatoms. The number of halogens is 1. The number of nitrogens with one attached hydrogen (secondary N) is 1. The Balaban J connectivity index is 2.21. The first-order valence-electron chi connectivity index (χ1n) is 5.90. The number of para-hydroxylation sites is 1. The van der Waals surface area contributed by atoms with Crippen molar-refractivity contribution in [2.45, 2.75) is 12.3 Å². The molecule has 20 heavy (non-hydrogen) atoms. The van der Waals surface area contributed by atoms with Crippen molar-refractivity contribution in [3.63, 3.8) is 0 Å². The van der Waals surface area contributed by atoms with Gasteiger partial charge in [-0.1, -0.05) is 12.1 Å². The summed E-state index contributed by atoms with van der Waals surface area (Å²) >= 11 is 0. The fourth-order valence-corrected chi connectivity index (χ4v) is 2.42. The van der Waals surface area contributed by atoms with Gasteiger partial charge in [0, 0.05) is 11.6 Å². The van der Waals surface area contributed by atoms with Crippen LogP contribution in [0.5, 0.6) is 0 Å². The number of ketones is 4. The molecule has 0 spiro atoms. The monoisotopic (exact) mass is 273 g/mol. The minimum atomic E-state index is -1.46. The van der Waals surface area contributed by atoms with E-state index in [-0.39, 0.29) is 11.1 Å². The Morgan fingerprint density at radius 3 is 2.35 bits per heavy atom. The van der Waals surface area contributed by atoms with Crippen molar-refractivity contribution >= 4 is 34.0 Å². The lowest BCUT2D eigenvalue weighted by Crippen LogP contribution is -2.40. The van der Waals surface area contributed by atoms with Gasteiger partial charge in [-0.3, -0.25) is 19.2 Å². The third-order valence-electron chi connectivity index (χ3n) is 3.40. The van der Waals surface area contributed by atoms with Gasteiger partial charge in [-0.2, -0.15) is 0 Å². The standard InChI is InChI=1S/C14H8FNO4/c15-8-3-1-2-6-7(5-16-12(6)8)11-13(19)9(17)4-10(18)14(11)20/h1-3,5,11,16H,4H2. The van der Waals surface area contributed by atoms with Crippen LogP contribution in [0.3, 0.4) is 0 Å². The zero-order chi connectivity index (χ0) is 14.4. The van der Waals surface area contributed by atoms with Crippen LogP contribution >= 0.6 is 0 Å². The number of H-pyrrole nitrogens is 1. The van der Waals surface area contributed by atoms with Crippen LogP contribution in [0.1, 0.15) is 17.9 Å². The van der Waals surface area contributed by atoms with Crippen molar-refractivity contribution in [2.24, 2.45) is 0 Å². The van der Waals surface area contributed by atoms with Crippen LogP contribution in [0.25, 0.3) is 10.9 Å². The Morgan fingerprint density at radius 1 is 1.05 bits per heavy atom. The first-order valence-corrected chi connectivity index (χ1v) is 5.90. The average molecular weight is 273 g/mol. The topological polar surface area (TPSA) is 84.1 Å². The van der Waals surface area contributed by atoms with Crippen LogP contribution in [0, 0.1) is 5.82 Å². The maximum absolute atomic E-state index is 13.6. The second-order valence-electron chi connectivity index (χ2n) is 4.59. The normalized spacial score (nSPS) is 17.2. The number of aromatic amines is 1. The summed E-state index contributed by atoms with van der Waals surface area (Å²) in [4.78, 5) is 49.3. The van der Waals surface area contributed by atoms with Gasteiger partial charge in [0.2, 0.25) is 23.1 Å². The predicted octanol–water partition coefficient (Wildman–Crippen LogP) is 1.07. The number of aromatic nitrogens is 1. The molecule has 1 aliphatic rings. The highest BCUT2D eigenvalue weighted by Gasteiger charge is 2.43. The van der Waals surface area contributed by atoms with Gasteiger partial charge in [0.25, 0.3) is 0 Å². The van der Waals surface area contributed by atoms with Crippen LogP contribution in [-0.4, -0.2) is 28.1 Å². The van der Waals surface area contributed by atoms with Crippen molar-refractivity contribution in [1.82, 2.24) is 4.98 Å². The Bertz CT molecular complexity index is 764. The molecule has 2 aromatic rings. The highest BCUT2D eigenvalue weighted by atomic mass is 19.1. The number of fused-ring (bicyclic) bond motifs is 1. The largest absolute Gasteiger partial charge is 0.358 e. The quantitative estimate of drug-likeness (QED) is 0.622. The van der Waals surface area contributed by atoms with Crippen LogP contribution in [0.4, 0.5) is 4.39 Å². The third kappa shape index (κ3) is 1.61. The number of hydrogen-bond acceptors (Lipinski definition) is 4. The summed E-state index contributed by atoms with van der Waals surface area (Å²) in [5.41, 5.74) is 0.296. The third-order valence-corrected chi connectivity index (χ3v) is 3.40. The van der Waals surface area contributed by atoms with E-state index in [1.165, 1.54) is 24.4 Å². The van der Waals surface area contributed by atoms with Crippen LogP contribution in [-0.2, 0) is 19.2 Å². The molecule has 1 fully saturated rings. The zero-order valence-electron chi connectivity index (χ0n) is 10.1. The lowest BCUT2D eigenvalue weighted by molar-refractivity contribution is -0.149. The summed E-state index contributed by atoms with van der Waals surface area (Å²) in [5, 5.41) is 0.319. The van der Waals surface area contributed by atoms with Gasteiger partial charge in [-0.15, -0.1) is 0 Å². The molecule has 1 heterocycles. The van der Waals surface area contributed by atoms with E-state index in [0.29, 0.717) is 5.39 Å². The average Bonchev–Trinajstić information content (AvgIpc) is 2.83. The van der Waals surface area contributed by atoms with Crippen molar-refractivity contribution in [2.75, 3.05) is 0 Å². The fourth-order valence-electron chi connectivity index (χ4n) is 2.42. The molecule has 3 rings (SSSR count). The summed E-state index contributed by atoms with van der Waals surface area (Å²) in [6.45, 7) is 0. The lowest BCUT2D eigenvalue weighted by atomic mass is 9.80. The van der Waals surface area contributed by atoms with Crippen LogP contribution < -0.4 is 0 Å². The van der Waals surface area contributed by atoms with E-state index in [1.807, 2.05) is 0 Å². The highest BCUT2D eigenvalue weighted by Crippen LogP contribution is 2.31. The van der Waals surface area contributed by atoms with Crippen LogP contribution in [0.15, 0.2) is 24.4 Å². The maximum atomic E-state index is 13.6. The SMILES string of the molecule is O=C1CC(=O)C(=O)C(c2c[nH]c3c(F)cccc23)C1=O. The molecule has 0 saturated heterocycles. The van der Waals surface area contributed by atoms with Gasteiger partial charge in [-0.05, 0) is 11.6 Å². The molecule has 1 aromatic heterocycles. The second-order valence-corrected chi connectivity index (χ2v) is 4.59. The van der Waals surface area contributed by atoms with E-state index in [1.54, 1.807) is 0 Å². The van der Waals surface area contributed by atoms with Gasteiger partial charge >= 0.3 is 0 Å². The number of Topliss-reactive ketones (excluding diaryl/α,β-unsaturated/α-hetero) is 4. The fraction of sp³-hybridized carbons (Fsp3) is 0.143. The van der Waals surface area contributed by atoms with Gasteiger partial charge in [0.05, 0.1) is 11.9 Å².